The average molecular weight is 391 g/mol. The maximum absolute atomic E-state index is 13.0. The fourth-order valence-corrected chi connectivity index (χ4v) is 4.73. The molecule has 1 heterocycles. The zero-order valence-electron chi connectivity index (χ0n) is 16.0. The van der Waals surface area contributed by atoms with Crippen molar-refractivity contribution in [2.75, 3.05) is 10.6 Å². The molecule has 2 amide bonds. The van der Waals surface area contributed by atoms with Crippen molar-refractivity contribution in [1.82, 2.24) is 0 Å². The van der Waals surface area contributed by atoms with Gasteiger partial charge >= 0.3 is 0 Å². The molecule has 1 aliphatic rings. The first-order valence-electron chi connectivity index (χ1n) is 9.42. The lowest BCUT2D eigenvalue weighted by Gasteiger charge is -2.10. The second-order valence-corrected chi connectivity index (χ2v) is 8.31. The van der Waals surface area contributed by atoms with E-state index < -0.39 is 0 Å². The summed E-state index contributed by atoms with van der Waals surface area (Å²) < 4.78 is 0. The van der Waals surface area contributed by atoms with E-state index in [0.717, 1.165) is 41.6 Å². The molecule has 142 valence electrons. The first kappa shape index (κ1) is 18.4. The summed E-state index contributed by atoms with van der Waals surface area (Å²) in [6.45, 7) is 4.00. The predicted octanol–water partition coefficient (Wildman–Crippen LogP) is 5.36. The molecule has 0 aliphatic heterocycles. The highest BCUT2D eigenvalue weighted by molar-refractivity contribution is 7.17. The standard InChI is InChI=1S/C23H22N2O2S/c1-14-6-10-16(11-7-14)21(26)25-23-20(18-4-3-5-19(18)28-23)22(27)24-17-12-8-15(2)9-13-17/h6-13H,3-5H2,1-2H3,(H,24,27)(H,25,26). The van der Waals surface area contributed by atoms with Gasteiger partial charge in [-0.1, -0.05) is 35.4 Å². The number of rotatable bonds is 4. The molecular formula is C23H22N2O2S. The summed E-state index contributed by atoms with van der Waals surface area (Å²) in [6, 6.07) is 15.1. The molecule has 5 heteroatoms. The van der Waals surface area contributed by atoms with Gasteiger partial charge in [-0.05, 0) is 62.9 Å². The predicted molar refractivity (Wildman–Crippen MR) is 115 cm³/mol. The normalized spacial score (nSPS) is 12.5. The molecule has 0 saturated carbocycles. The van der Waals surface area contributed by atoms with Gasteiger partial charge in [-0.15, -0.1) is 11.3 Å². The summed E-state index contributed by atoms with van der Waals surface area (Å²) >= 11 is 1.52. The van der Waals surface area contributed by atoms with Crippen molar-refractivity contribution in [1.29, 1.82) is 0 Å². The van der Waals surface area contributed by atoms with Gasteiger partial charge in [0.2, 0.25) is 0 Å². The van der Waals surface area contributed by atoms with Crippen LogP contribution >= 0.6 is 11.3 Å². The molecule has 0 saturated heterocycles. The minimum Gasteiger partial charge on any atom is -0.322 e. The molecular weight excluding hydrogens is 368 g/mol. The maximum atomic E-state index is 13.0. The maximum Gasteiger partial charge on any atom is 0.258 e. The van der Waals surface area contributed by atoms with Crippen LogP contribution in [0, 0.1) is 13.8 Å². The Kier molecular flexibility index (Phi) is 5.01. The Balaban J connectivity index is 1.61. The third-order valence-electron chi connectivity index (χ3n) is 5.00. The Bertz CT molecular complexity index is 1030. The third kappa shape index (κ3) is 3.71. The van der Waals surface area contributed by atoms with Crippen LogP contribution in [0.25, 0.3) is 0 Å². The zero-order valence-corrected chi connectivity index (χ0v) is 16.8. The molecule has 4 rings (SSSR count). The van der Waals surface area contributed by atoms with Crippen molar-refractivity contribution in [3.63, 3.8) is 0 Å². The van der Waals surface area contributed by atoms with Gasteiger partial charge in [0.1, 0.15) is 5.00 Å². The number of fused-ring (bicyclic) bond motifs is 1. The van der Waals surface area contributed by atoms with Crippen molar-refractivity contribution in [3.8, 4) is 0 Å². The van der Waals surface area contributed by atoms with Crippen LogP contribution in [0.4, 0.5) is 10.7 Å². The van der Waals surface area contributed by atoms with Gasteiger partial charge in [-0.25, -0.2) is 0 Å². The fourth-order valence-electron chi connectivity index (χ4n) is 3.44. The van der Waals surface area contributed by atoms with Crippen LogP contribution in [-0.2, 0) is 12.8 Å². The summed E-state index contributed by atoms with van der Waals surface area (Å²) in [5.74, 6) is -0.355. The molecule has 0 unspecified atom stereocenters. The van der Waals surface area contributed by atoms with E-state index >= 15 is 0 Å². The van der Waals surface area contributed by atoms with Crippen LogP contribution in [0.2, 0.25) is 0 Å². The molecule has 0 spiro atoms. The topological polar surface area (TPSA) is 58.2 Å². The van der Waals surface area contributed by atoms with Gasteiger partial charge in [-0.3, -0.25) is 9.59 Å². The first-order chi connectivity index (χ1) is 13.5. The molecule has 2 aromatic carbocycles. The molecule has 0 fully saturated rings. The molecule has 1 aromatic heterocycles. The van der Waals surface area contributed by atoms with Crippen LogP contribution in [0.1, 0.15) is 48.7 Å². The number of carbonyl (C=O) groups is 2. The highest BCUT2D eigenvalue weighted by atomic mass is 32.1. The number of carbonyl (C=O) groups excluding carboxylic acids is 2. The third-order valence-corrected chi connectivity index (χ3v) is 6.21. The summed E-state index contributed by atoms with van der Waals surface area (Å²) in [4.78, 5) is 26.9. The largest absolute Gasteiger partial charge is 0.322 e. The van der Waals surface area contributed by atoms with E-state index in [0.29, 0.717) is 16.1 Å². The Morgan fingerprint density at radius 3 is 2.14 bits per heavy atom. The minimum absolute atomic E-state index is 0.164. The lowest BCUT2D eigenvalue weighted by atomic mass is 10.1. The highest BCUT2D eigenvalue weighted by Crippen LogP contribution is 2.39. The molecule has 0 bridgehead atoms. The van der Waals surface area contributed by atoms with Crippen LogP contribution < -0.4 is 10.6 Å². The van der Waals surface area contributed by atoms with E-state index in [1.807, 2.05) is 50.2 Å². The van der Waals surface area contributed by atoms with E-state index in [4.69, 9.17) is 0 Å². The number of nitrogens with one attached hydrogen (secondary N) is 2. The Morgan fingerprint density at radius 1 is 0.821 bits per heavy atom. The smallest absolute Gasteiger partial charge is 0.258 e. The van der Waals surface area contributed by atoms with Gasteiger partial charge in [0.15, 0.2) is 0 Å². The van der Waals surface area contributed by atoms with E-state index in [2.05, 4.69) is 10.6 Å². The Hall–Kier alpha value is -2.92. The van der Waals surface area contributed by atoms with Gasteiger partial charge < -0.3 is 10.6 Å². The molecule has 1 aliphatic carbocycles. The second kappa shape index (κ2) is 7.60. The summed E-state index contributed by atoms with van der Waals surface area (Å²) in [7, 11) is 0. The van der Waals surface area contributed by atoms with E-state index in [1.165, 1.54) is 16.2 Å². The van der Waals surface area contributed by atoms with E-state index in [9.17, 15) is 9.59 Å². The van der Waals surface area contributed by atoms with E-state index in [1.54, 1.807) is 12.1 Å². The number of amides is 2. The van der Waals surface area contributed by atoms with Gasteiger partial charge in [0, 0.05) is 16.1 Å². The summed E-state index contributed by atoms with van der Waals surface area (Å²) in [6.07, 6.45) is 2.90. The summed E-state index contributed by atoms with van der Waals surface area (Å²) in [5, 5.41) is 6.59. The van der Waals surface area contributed by atoms with Crippen LogP contribution in [-0.4, -0.2) is 11.8 Å². The van der Waals surface area contributed by atoms with Crippen LogP contribution in [0.15, 0.2) is 48.5 Å². The average Bonchev–Trinajstić information content (AvgIpc) is 3.24. The van der Waals surface area contributed by atoms with Crippen molar-refractivity contribution in [3.05, 3.63) is 81.2 Å². The molecule has 3 aromatic rings. The lowest BCUT2D eigenvalue weighted by Crippen LogP contribution is -2.18. The Morgan fingerprint density at radius 2 is 1.46 bits per heavy atom. The minimum atomic E-state index is -0.190. The fraction of sp³-hybridized carbons (Fsp3) is 0.217. The van der Waals surface area contributed by atoms with Gasteiger partial charge in [-0.2, -0.15) is 0 Å². The number of thiophene rings is 1. The van der Waals surface area contributed by atoms with Crippen molar-refractivity contribution in [2.24, 2.45) is 0 Å². The van der Waals surface area contributed by atoms with Crippen molar-refractivity contribution >= 4 is 33.8 Å². The molecule has 0 atom stereocenters. The Labute approximate surface area is 168 Å². The number of anilines is 2. The van der Waals surface area contributed by atoms with Crippen molar-refractivity contribution in [2.45, 2.75) is 33.1 Å². The molecule has 4 nitrogen and oxygen atoms in total. The van der Waals surface area contributed by atoms with Gasteiger partial charge in [0.25, 0.3) is 11.8 Å². The van der Waals surface area contributed by atoms with Crippen molar-refractivity contribution < 1.29 is 9.59 Å². The van der Waals surface area contributed by atoms with Gasteiger partial charge in [0.05, 0.1) is 5.56 Å². The lowest BCUT2D eigenvalue weighted by molar-refractivity contribution is 0.102. The summed E-state index contributed by atoms with van der Waals surface area (Å²) in [5.41, 5.74) is 5.27. The molecule has 28 heavy (non-hydrogen) atoms. The quantitative estimate of drug-likeness (QED) is 0.630. The second-order valence-electron chi connectivity index (χ2n) is 7.20. The van der Waals surface area contributed by atoms with Crippen LogP contribution in [0.5, 0.6) is 0 Å². The number of benzene rings is 2. The van der Waals surface area contributed by atoms with Crippen LogP contribution in [0.3, 0.4) is 0 Å². The zero-order chi connectivity index (χ0) is 19.7. The molecule has 2 N–H and O–H groups in total. The molecule has 0 radical (unpaired) electrons. The van der Waals surface area contributed by atoms with E-state index in [-0.39, 0.29) is 11.8 Å². The number of hydrogen-bond donors (Lipinski definition) is 2. The number of hydrogen-bond acceptors (Lipinski definition) is 3. The SMILES string of the molecule is Cc1ccc(NC(=O)c2c(NC(=O)c3ccc(C)cc3)sc3c2CCC3)cc1. The highest BCUT2D eigenvalue weighted by Gasteiger charge is 2.27. The monoisotopic (exact) mass is 390 g/mol. The first-order valence-corrected chi connectivity index (χ1v) is 10.2. The number of aryl methyl sites for hydroxylation is 3.